The molecule has 2 atom stereocenters. The number of phenols is 1. The van der Waals surface area contributed by atoms with Crippen molar-refractivity contribution in [2.45, 2.75) is 45.2 Å². The molecule has 1 amide bonds. The maximum Gasteiger partial charge on any atom is 0.326 e. The molecule has 0 saturated heterocycles. The Balaban J connectivity index is 2.68. The Kier molecular flexibility index (Phi) is 7.85. The van der Waals surface area contributed by atoms with Gasteiger partial charge in [0.1, 0.15) is 11.8 Å². The third-order valence-corrected chi connectivity index (χ3v) is 4.00. The largest absolute Gasteiger partial charge is 0.508 e. The number of aryl methyl sites for hydroxylation is 2. The Labute approximate surface area is 152 Å². The van der Waals surface area contributed by atoms with E-state index >= 15 is 0 Å². The van der Waals surface area contributed by atoms with E-state index in [1.54, 1.807) is 12.1 Å². The summed E-state index contributed by atoms with van der Waals surface area (Å²) in [6.45, 7) is 3.91. The van der Waals surface area contributed by atoms with Gasteiger partial charge in [0, 0.05) is 6.54 Å². The number of carbonyl (C=O) groups excluding carboxylic acids is 1. The van der Waals surface area contributed by atoms with Crippen molar-refractivity contribution in [3.63, 3.8) is 0 Å². The Morgan fingerprint density at radius 2 is 1.81 bits per heavy atom. The highest BCUT2D eigenvalue weighted by Crippen LogP contribution is 2.21. The fourth-order valence-electron chi connectivity index (χ4n) is 2.64. The number of nitrogens with two attached hydrogens (primary N) is 3. The van der Waals surface area contributed by atoms with Gasteiger partial charge >= 0.3 is 5.97 Å². The van der Waals surface area contributed by atoms with Gasteiger partial charge in [0.25, 0.3) is 0 Å². The third kappa shape index (κ3) is 6.60. The molecule has 0 heterocycles. The van der Waals surface area contributed by atoms with E-state index in [1.165, 1.54) is 0 Å². The van der Waals surface area contributed by atoms with Gasteiger partial charge in [0.2, 0.25) is 5.91 Å². The number of phenolic OH excluding ortho intramolecular Hbond substituents is 1. The lowest BCUT2D eigenvalue weighted by Crippen LogP contribution is -2.49. The van der Waals surface area contributed by atoms with E-state index in [1.807, 2.05) is 13.8 Å². The van der Waals surface area contributed by atoms with Crippen molar-refractivity contribution in [3.05, 3.63) is 28.8 Å². The fraction of sp³-hybridized carbons (Fsp3) is 0.471. The van der Waals surface area contributed by atoms with Crippen molar-refractivity contribution in [1.29, 1.82) is 0 Å². The zero-order valence-corrected chi connectivity index (χ0v) is 15.0. The van der Waals surface area contributed by atoms with E-state index in [-0.39, 0.29) is 31.1 Å². The molecule has 1 aromatic rings. The molecule has 0 aliphatic rings. The summed E-state index contributed by atoms with van der Waals surface area (Å²) in [5, 5.41) is 21.3. The molecular weight excluding hydrogens is 338 g/mol. The molecule has 0 unspecified atom stereocenters. The highest BCUT2D eigenvalue weighted by Gasteiger charge is 2.24. The van der Waals surface area contributed by atoms with Gasteiger partial charge in [-0.15, -0.1) is 0 Å². The van der Waals surface area contributed by atoms with Crippen LogP contribution >= 0.6 is 0 Å². The molecule has 1 aromatic carbocycles. The third-order valence-electron chi connectivity index (χ3n) is 4.00. The number of hydrogen-bond acceptors (Lipinski definition) is 5. The monoisotopic (exact) mass is 365 g/mol. The molecule has 0 fully saturated rings. The second-order valence-corrected chi connectivity index (χ2v) is 6.22. The van der Waals surface area contributed by atoms with Crippen LogP contribution in [-0.4, -0.2) is 46.7 Å². The zero-order chi connectivity index (χ0) is 19.9. The van der Waals surface area contributed by atoms with E-state index in [4.69, 9.17) is 17.2 Å². The maximum atomic E-state index is 12.3. The van der Waals surface area contributed by atoms with Crippen molar-refractivity contribution >= 4 is 17.8 Å². The molecule has 0 aliphatic carbocycles. The summed E-state index contributed by atoms with van der Waals surface area (Å²) in [6.07, 6.45) is 0.826. The lowest BCUT2D eigenvalue weighted by Gasteiger charge is -2.19. The lowest BCUT2D eigenvalue weighted by molar-refractivity contribution is -0.142. The number of hydrogen-bond donors (Lipinski definition) is 6. The maximum absolute atomic E-state index is 12.3. The van der Waals surface area contributed by atoms with Gasteiger partial charge in [-0.1, -0.05) is 0 Å². The minimum atomic E-state index is -1.15. The molecule has 1 rings (SSSR count). The van der Waals surface area contributed by atoms with Crippen LogP contribution in [-0.2, 0) is 16.0 Å². The SMILES string of the molecule is Cc1cc(O)cc(C)c1C[C@H](N)C(=O)N[C@H](CCCN=C(N)N)C(=O)O. The fourth-order valence-corrected chi connectivity index (χ4v) is 2.64. The number of aliphatic carboxylic acids is 1. The van der Waals surface area contributed by atoms with Crippen LogP contribution in [0.2, 0.25) is 0 Å². The Morgan fingerprint density at radius 1 is 1.23 bits per heavy atom. The van der Waals surface area contributed by atoms with Crippen molar-refractivity contribution in [2.24, 2.45) is 22.2 Å². The topological polar surface area (TPSA) is 177 Å². The molecule has 0 saturated carbocycles. The first kappa shape index (κ1) is 21.2. The van der Waals surface area contributed by atoms with E-state index < -0.39 is 24.0 Å². The van der Waals surface area contributed by atoms with Gasteiger partial charge in [-0.2, -0.15) is 0 Å². The van der Waals surface area contributed by atoms with Gasteiger partial charge in [-0.05, 0) is 61.9 Å². The molecule has 9 heteroatoms. The molecule has 0 aromatic heterocycles. The molecule has 9 nitrogen and oxygen atoms in total. The number of aliphatic imine (C=N–C) groups is 1. The highest BCUT2D eigenvalue weighted by molar-refractivity contribution is 5.87. The van der Waals surface area contributed by atoms with Gasteiger partial charge in [-0.3, -0.25) is 9.79 Å². The standard InChI is InChI=1S/C17H27N5O4/c1-9-6-11(23)7-10(2)12(9)8-13(18)15(24)22-14(16(25)26)4-3-5-21-17(19)20/h6-7,13-14,23H,3-5,8,18H2,1-2H3,(H,22,24)(H,25,26)(H4,19,20,21)/t13-,14+/m0/s1. The van der Waals surface area contributed by atoms with Crippen molar-refractivity contribution < 1.29 is 19.8 Å². The second kappa shape index (κ2) is 9.62. The van der Waals surface area contributed by atoms with Crippen LogP contribution in [0.5, 0.6) is 5.75 Å². The van der Waals surface area contributed by atoms with Crippen LogP contribution in [0.1, 0.15) is 29.5 Å². The number of carboxylic acids is 1. The van der Waals surface area contributed by atoms with E-state index in [0.717, 1.165) is 16.7 Å². The first-order chi connectivity index (χ1) is 12.1. The number of rotatable bonds is 9. The predicted octanol–water partition coefficient (Wildman–Crippen LogP) is -0.498. The van der Waals surface area contributed by atoms with Crippen molar-refractivity contribution in [1.82, 2.24) is 5.32 Å². The van der Waals surface area contributed by atoms with Gasteiger partial charge in [0.15, 0.2) is 5.96 Å². The number of amides is 1. The zero-order valence-electron chi connectivity index (χ0n) is 15.0. The average molecular weight is 365 g/mol. The molecular formula is C17H27N5O4. The first-order valence-corrected chi connectivity index (χ1v) is 8.25. The van der Waals surface area contributed by atoms with E-state index in [0.29, 0.717) is 6.42 Å². The minimum absolute atomic E-state index is 0.0671. The number of carbonyl (C=O) groups is 2. The summed E-state index contributed by atoms with van der Waals surface area (Å²) >= 11 is 0. The smallest absolute Gasteiger partial charge is 0.326 e. The minimum Gasteiger partial charge on any atom is -0.508 e. The average Bonchev–Trinajstić information content (AvgIpc) is 2.52. The quantitative estimate of drug-likeness (QED) is 0.194. The van der Waals surface area contributed by atoms with Gasteiger partial charge < -0.3 is 32.7 Å². The van der Waals surface area contributed by atoms with Gasteiger partial charge in [0.05, 0.1) is 6.04 Å². The summed E-state index contributed by atoms with van der Waals surface area (Å²) in [6, 6.07) is 1.22. The molecule has 0 spiro atoms. The van der Waals surface area contributed by atoms with Crippen LogP contribution in [0, 0.1) is 13.8 Å². The molecule has 0 bridgehead atoms. The Bertz CT molecular complexity index is 663. The highest BCUT2D eigenvalue weighted by atomic mass is 16.4. The molecule has 0 radical (unpaired) electrons. The van der Waals surface area contributed by atoms with Crippen LogP contribution in [0.15, 0.2) is 17.1 Å². The molecule has 26 heavy (non-hydrogen) atoms. The lowest BCUT2D eigenvalue weighted by atomic mass is 9.95. The van der Waals surface area contributed by atoms with E-state index in [2.05, 4.69) is 10.3 Å². The number of aromatic hydroxyl groups is 1. The van der Waals surface area contributed by atoms with Crippen LogP contribution in [0.3, 0.4) is 0 Å². The van der Waals surface area contributed by atoms with E-state index in [9.17, 15) is 19.8 Å². The summed E-state index contributed by atoms with van der Waals surface area (Å²) in [4.78, 5) is 27.4. The first-order valence-electron chi connectivity index (χ1n) is 8.25. The van der Waals surface area contributed by atoms with Gasteiger partial charge in [-0.25, -0.2) is 4.79 Å². The van der Waals surface area contributed by atoms with Crippen molar-refractivity contribution in [2.75, 3.05) is 6.54 Å². The number of benzene rings is 1. The van der Waals surface area contributed by atoms with Crippen LogP contribution in [0.4, 0.5) is 0 Å². The second-order valence-electron chi connectivity index (χ2n) is 6.22. The summed E-state index contributed by atoms with van der Waals surface area (Å²) in [5.74, 6) is -1.62. The molecule has 144 valence electrons. The molecule has 9 N–H and O–H groups in total. The van der Waals surface area contributed by atoms with Crippen molar-refractivity contribution in [3.8, 4) is 5.75 Å². The summed E-state index contributed by atoms with van der Waals surface area (Å²) < 4.78 is 0. The Hall–Kier alpha value is -2.81. The summed E-state index contributed by atoms with van der Waals surface area (Å²) in [5.41, 5.74) is 18.8. The number of carboxylic acid groups (broad SMARTS) is 1. The number of guanidine groups is 1. The number of nitrogens with one attached hydrogen (secondary N) is 1. The summed E-state index contributed by atoms with van der Waals surface area (Å²) in [7, 11) is 0. The van der Waals surface area contributed by atoms with Crippen LogP contribution in [0.25, 0.3) is 0 Å². The van der Waals surface area contributed by atoms with Crippen LogP contribution < -0.4 is 22.5 Å². The Morgan fingerprint density at radius 3 is 2.31 bits per heavy atom. The molecule has 0 aliphatic heterocycles. The normalized spacial score (nSPS) is 12.9. The predicted molar refractivity (Wildman–Crippen MR) is 98.7 cm³/mol. The number of nitrogens with zero attached hydrogens (tertiary/aromatic N) is 1.